The van der Waals surface area contributed by atoms with Crippen molar-refractivity contribution in [3.05, 3.63) is 0 Å². The van der Waals surface area contributed by atoms with Gasteiger partial charge in [-0.15, -0.1) is 0 Å². The van der Waals surface area contributed by atoms with Crippen LogP contribution in [0.4, 0.5) is 0 Å². The average molecular weight is 178 g/mol. The molecule has 1 nitrogen and oxygen atoms in total. The van der Waals surface area contributed by atoms with Crippen molar-refractivity contribution in [3.63, 3.8) is 0 Å². The zero-order chi connectivity index (χ0) is 6.28. The van der Waals surface area contributed by atoms with E-state index in [9.17, 15) is 0 Å². The highest BCUT2D eigenvalue weighted by Gasteiger charge is 1.80. The van der Waals surface area contributed by atoms with Gasteiger partial charge in [0.15, 0.2) is 5.98 Å². The molecule has 0 aliphatic heterocycles. The maximum absolute atomic E-state index is 7.32. The fourth-order valence-electron chi connectivity index (χ4n) is 0. The van der Waals surface area contributed by atoms with E-state index >= 15 is 0 Å². The quantitative estimate of drug-likeness (QED) is 0.521. The Bertz CT molecular complexity index is 55.7. The molecule has 0 heterocycles. The predicted octanol–water partition coefficient (Wildman–Crippen LogP) is 3.46. The van der Waals surface area contributed by atoms with Crippen LogP contribution in [-0.2, 0) is 0 Å². The van der Waals surface area contributed by atoms with Gasteiger partial charge >= 0.3 is 0 Å². The van der Waals surface area contributed by atoms with Gasteiger partial charge in [0.05, 0.1) is 6.07 Å². The summed E-state index contributed by atoms with van der Waals surface area (Å²) in [4.78, 5) is 0. The molecule has 0 aromatic heterocycles. The van der Waals surface area contributed by atoms with Gasteiger partial charge in [-0.25, -0.2) is 0 Å². The van der Waals surface area contributed by atoms with E-state index in [2.05, 4.69) is 0 Å². The van der Waals surface area contributed by atoms with Gasteiger partial charge in [0.25, 0.3) is 0 Å². The number of halogens is 3. The van der Waals surface area contributed by atoms with Gasteiger partial charge in [-0.05, 0) is 0 Å². The molecule has 0 rings (SSSR count). The van der Waals surface area contributed by atoms with E-state index in [1.54, 1.807) is 6.07 Å². The lowest BCUT2D eigenvalue weighted by atomic mass is 11.0. The molecule has 0 saturated heterocycles. The Hall–Kier alpha value is 0.790. The van der Waals surface area contributed by atoms with Crippen molar-refractivity contribution in [1.29, 1.82) is 5.26 Å². The van der Waals surface area contributed by atoms with E-state index in [-0.39, 0.29) is 0 Å². The number of hydrogen-bond acceptors (Lipinski definition) is 1. The van der Waals surface area contributed by atoms with E-state index in [0.29, 0.717) is 0 Å². The number of hydrogen-bond donors (Lipinski definition) is 0. The molecule has 0 aliphatic carbocycles. The summed E-state index contributed by atoms with van der Waals surface area (Å²) >= 11 is 14.6. The topological polar surface area (TPSA) is 23.8 Å². The Balaban J connectivity index is 0. The zero-order valence-corrected chi connectivity index (χ0v) is 6.69. The minimum absolute atomic E-state index is 1.20. The van der Waals surface area contributed by atoms with E-state index in [4.69, 9.17) is 39.0 Å². The second-order valence-corrected chi connectivity index (χ2v) is 5.40. The van der Waals surface area contributed by atoms with Crippen LogP contribution in [0.3, 0.4) is 0 Å². The number of nitriles is 1. The first-order valence-corrected chi connectivity index (χ1v) is 5.29. The van der Waals surface area contributed by atoms with Crippen molar-refractivity contribution in [2.75, 3.05) is 0 Å². The molecule has 7 heavy (non-hydrogen) atoms. The Morgan fingerprint density at radius 1 is 1.43 bits per heavy atom. The summed E-state index contributed by atoms with van der Waals surface area (Å²) < 4.78 is 0. The van der Waals surface area contributed by atoms with Gasteiger partial charge in [-0.2, -0.15) is 5.26 Å². The second kappa shape index (κ2) is 9.92. The first kappa shape index (κ1) is 10.7. The smallest absolute Gasteiger partial charge is 0.179 e. The standard InChI is InChI=1S/C2H3N.Cl3P/c1-2-3;1-4(2)3/h1H3;. The fourth-order valence-corrected chi connectivity index (χ4v) is 0. The minimum atomic E-state index is -1.20. The van der Waals surface area contributed by atoms with Crippen molar-refractivity contribution in [2.45, 2.75) is 6.92 Å². The molecule has 0 radical (unpaired) electrons. The molecular formula is C2H3Cl3NP. The Morgan fingerprint density at radius 2 is 1.43 bits per heavy atom. The molecule has 0 bridgehead atoms. The van der Waals surface area contributed by atoms with Crippen molar-refractivity contribution in [3.8, 4) is 6.07 Å². The van der Waals surface area contributed by atoms with Crippen molar-refractivity contribution >= 4 is 39.7 Å². The van der Waals surface area contributed by atoms with Crippen molar-refractivity contribution < 1.29 is 0 Å². The summed E-state index contributed by atoms with van der Waals surface area (Å²) in [5, 5.41) is 7.32. The van der Waals surface area contributed by atoms with Gasteiger partial charge in [0.2, 0.25) is 0 Å². The molecule has 42 valence electrons. The first-order valence-electron chi connectivity index (χ1n) is 1.23. The van der Waals surface area contributed by atoms with Crippen LogP contribution in [0.2, 0.25) is 0 Å². The molecule has 0 aromatic rings. The Morgan fingerprint density at radius 3 is 1.43 bits per heavy atom. The van der Waals surface area contributed by atoms with Gasteiger partial charge < -0.3 is 0 Å². The summed E-state index contributed by atoms with van der Waals surface area (Å²) in [5.41, 5.74) is 0. The van der Waals surface area contributed by atoms with Gasteiger partial charge in [-0.1, -0.05) is 33.7 Å². The third-order valence-corrected chi connectivity index (χ3v) is 0. The van der Waals surface area contributed by atoms with Crippen LogP contribution in [0.5, 0.6) is 0 Å². The highest BCUT2D eigenvalue weighted by atomic mass is 36.0. The highest BCUT2D eigenvalue weighted by Crippen LogP contribution is 2.51. The third-order valence-electron chi connectivity index (χ3n) is 0. The first-order chi connectivity index (χ1) is 3.15. The second-order valence-electron chi connectivity index (χ2n) is 0.415. The fraction of sp³-hybridized carbons (Fsp3) is 0.500. The molecule has 0 aliphatic rings. The van der Waals surface area contributed by atoms with Crippen LogP contribution < -0.4 is 0 Å². The van der Waals surface area contributed by atoms with Crippen LogP contribution in [-0.4, -0.2) is 0 Å². The molecule has 0 saturated carbocycles. The van der Waals surface area contributed by atoms with Crippen LogP contribution in [0, 0.1) is 11.3 Å². The van der Waals surface area contributed by atoms with Crippen LogP contribution >= 0.6 is 39.7 Å². The molecule has 0 spiro atoms. The maximum Gasteiger partial charge on any atom is 0.179 e. The van der Waals surface area contributed by atoms with Crippen LogP contribution in [0.25, 0.3) is 0 Å². The summed E-state index contributed by atoms with van der Waals surface area (Å²) in [6, 6.07) is 1.75. The Labute approximate surface area is 58.3 Å². The summed E-state index contributed by atoms with van der Waals surface area (Å²) in [5.74, 6) is -1.20. The molecule has 5 heteroatoms. The lowest BCUT2D eigenvalue weighted by Crippen LogP contribution is -1.10. The molecule has 0 fully saturated rings. The highest BCUT2D eigenvalue weighted by molar-refractivity contribution is 8.20. The third kappa shape index (κ3) is 250. The van der Waals surface area contributed by atoms with Gasteiger partial charge in [-0.3, -0.25) is 0 Å². The molecule has 0 atom stereocenters. The van der Waals surface area contributed by atoms with E-state index < -0.39 is 5.98 Å². The van der Waals surface area contributed by atoms with E-state index in [1.807, 2.05) is 0 Å². The monoisotopic (exact) mass is 177 g/mol. The molecule has 0 unspecified atom stereocenters. The molecule has 0 aromatic carbocycles. The number of nitrogens with zero attached hydrogens (tertiary/aromatic N) is 1. The minimum Gasteiger partial charge on any atom is -0.199 e. The molecule has 0 amide bonds. The largest absolute Gasteiger partial charge is 0.199 e. The lowest BCUT2D eigenvalue weighted by molar-refractivity contribution is 1.49. The number of rotatable bonds is 0. The SMILES string of the molecule is CC#N.ClP(Cl)Cl. The van der Waals surface area contributed by atoms with Crippen LogP contribution in [0.15, 0.2) is 0 Å². The molecule has 0 N–H and O–H groups in total. The summed E-state index contributed by atoms with van der Waals surface area (Å²) in [6.45, 7) is 1.43. The average Bonchev–Trinajstić information content (AvgIpc) is 1.33. The van der Waals surface area contributed by atoms with Gasteiger partial charge in [0.1, 0.15) is 0 Å². The van der Waals surface area contributed by atoms with Crippen molar-refractivity contribution in [2.24, 2.45) is 0 Å². The predicted molar refractivity (Wildman–Crippen MR) is 35.8 cm³/mol. The Kier molecular flexibility index (Phi) is 15.2. The van der Waals surface area contributed by atoms with E-state index in [0.717, 1.165) is 0 Å². The van der Waals surface area contributed by atoms with Crippen molar-refractivity contribution in [1.82, 2.24) is 0 Å². The zero-order valence-electron chi connectivity index (χ0n) is 3.53. The maximum atomic E-state index is 7.32. The van der Waals surface area contributed by atoms with E-state index in [1.165, 1.54) is 6.92 Å². The lowest BCUT2D eigenvalue weighted by Gasteiger charge is -1.68. The summed E-state index contributed by atoms with van der Waals surface area (Å²) in [7, 11) is 0. The molecular weight excluding hydrogens is 175 g/mol. The van der Waals surface area contributed by atoms with Crippen LogP contribution in [0.1, 0.15) is 6.92 Å². The van der Waals surface area contributed by atoms with Gasteiger partial charge in [0, 0.05) is 6.92 Å². The summed E-state index contributed by atoms with van der Waals surface area (Å²) in [6.07, 6.45) is 0. The normalized spacial score (nSPS) is 6.29.